The second-order valence-electron chi connectivity index (χ2n) is 14.5. The number of hydrogen-bond acceptors (Lipinski definition) is 23. The van der Waals surface area contributed by atoms with Crippen LogP contribution in [0.15, 0.2) is 0 Å². The summed E-state index contributed by atoms with van der Waals surface area (Å²) >= 11 is 0. The van der Waals surface area contributed by atoms with Gasteiger partial charge in [0.2, 0.25) is 11.8 Å². The van der Waals surface area contributed by atoms with E-state index in [1.165, 1.54) is 0 Å². The molecule has 0 unspecified atom stereocenters. The number of aliphatic hydroxyl groups excluding tert-OH is 12. The van der Waals surface area contributed by atoms with Crippen LogP contribution in [0, 0.1) is 0 Å². The molecule has 0 bridgehead atoms. The largest absolute Gasteiger partial charge is 0.477 e. The first-order chi connectivity index (χ1) is 27.8. The van der Waals surface area contributed by atoms with E-state index < -0.39 is 179 Å². The fourth-order valence-electron chi connectivity index (χ4n) is 7.34. The Morgan fingerprint density at radius 1 is 0.695 bits per heavy atom. The van der Waals surface area contributed by atoms with Gasteiger partial charge in [-0.05, 0) is 6.92 Å². The third-order valence-electron chi connectivity index (χ3n) is 10.3. The van der Waals surface area contributed by atoms with Crippen molar-refractivity contribution in [3.8, 4) is 0 Å². The van der Waals surface area contributed by atoms with Crippen molar-refractivity contribution in [2.75, 3.05) is 33.0 Å². The molecule has 0 saturated carbocycles. The van der Waals surface area contributed by atoms with Crippen LogP contribution in [0.4, 0.5) is 0 Å². The highest BCUT2D eigenvalue weighted by Crippen LogP contribution is 2.39. The molecule has 26 heteroatoms. The highest BCUT2D eigenvalue weighted by Gasteiger charge is 2.60. The van der Waals surface area contributed by atoms with Gasteiger partial charge in [-0.1, -0.05) is 0 Å². The molecule has 4 aliphatic heterocycles. The Balaban J connectivity index is 1.63. The molecule has 342 valence electrons. The molecule has 59 heavy (non-hydrogen) atoms. The summed E-state index contributed by atoms with van der Waals surface area (Å²) in [6.45, 7) is -0.204. The van der Waals surface area contributed by atoms with Crippen LogP contribution in [0.5, 0.6) is 0 Å². The quantitative estimate of drug-likeness (QED) is 0.0645. The third-order valence-corrected chi connectivity index (χ3v) is 10.3. The Kier molecular flexibility index (Phi) is 17.6. The van der Waals surface area contributed by atoms with Gasteiger partial charge in [0.15, 0.2) is 18.9 Å². The maximum absolute atomic E-state index is 12.8. The van der Waals surface area contributed by atoms with E-state index in [2.05, 4.69) is 10.6 Å². The van der Waals surface area contributed by atoms with Gasteiger partial charge in [0.1, 0.15) is 91.5 Å². The standard InChI is InChI=1S/C33H56N2O24/c1-4-52-30-23(48)27(20(45)14(7-37)53-30)57-29-18(35-11(3)41)22(47)25(16(9-39)55-29)56-31-24(49)28(21(46)15(8-38)54-31)59-33(32(50)51)5-12(42)17(34-10(2)40)26(58-33)19(44)13(43)6-36/h12-31,36-39,42-49H,4-9H2,1-3H3,(H,34,40)(H,35,41)(H,50,51)/t12-,13+,14+,15+,16+,17+,18+,19+,20-,21-,22+,23+,24+,25+,26+,27-,28-,29-,30+,31-,33-/m0/s1. The average molecular weight is 865 g/mol. The van der Waals surface area contributed by atoms with Gasteiger partial charge in [0, 0.05) is 26.9 Å². The van der Waals surface area contributed by atoms with Gasteiger partial charge in [-0.3, -0.25) is 9.59 Å². The van der Waals surface area contributed by atoms with E-state index in [4.69, 9.17) is 37.9 Å². The molecule has 4 rings (SSSR count). The number of carbonyl (C=O) groups is 3. The zero-order valence-corrected chi connectivity index (χ0v) is 32.1. The Morgan fingerprint density at radius 2 is 1.20 bits per heavy atom. The Morgan fingerprint density at radius 3 is 1.73 bits per heavy atom. The van der Waals surface area contributed by atoms with E-state index in [9.17, 15) is 80.8 Å². The van der Waals surface area contributed by atoms with E-state index in [-0.39, 0.29) is 6.61 Å². The maximum atomic E-state index is 12.8. The summed E-state index contributed by atoms with van der Waals surface area (Å²) in [5.74, 6) is -6.69. The van der Waals surface area contributed by atoms with Crippen molar-refractivity contribution in [1.82, 2.24) is 10.6 Å². The number of hydrogen-bond donors (Lipinski definition) is 15. The van der Waals surface area contributed by atoms with Crippen molar-refractivity contribution < 1.29 is 119 Å². The number of aliphatic hydroxyl groups is 12. The van der Waals surface area contributed by atoms with E-state index in [0.29, 0.717) is 0 Å². The lowest BCUT2D eigenvalue weighted by molar-refractivity contribution is -0.387. The van der Waals surface area contributed by atoms with Crippen LogP contribution in [0.3, 0.4) is 0 Å². The minimum Gasteiger partial charge on any atom is -0.477 e. The number of amides is 2. The van der Waals surface area contributed by atoms with Gasteiger partial charge in [-0.2, -0.15) is 0 Å². The van der Waals surface area contributed by atoms with Crippen molar-refractivity contribution in [2.24, 2.45) is 0 Å². The lowest BCUT2D eigenvalue weighted by Crippen LogP contribution is -2.71. The van der Waals surface area contributed by atoms with Crippen molar-refractivity contribution >= 4 is 17.8 Å². The first-order valence-corrected chi connectivity index (χ1v) is 18.7. The molecule has 15 N–H and O–H groups in total. The summed E-state index contributed by atoms with van der Waals surface area (Å²) in [5, 5.41) is 143. The number of aliphatic carboxylic acids is 1. The minimum absolute atomic E-state index is 0.0281. The van der Waals surface area contributed by atoms with Crippen molar-refractivity contribution in [3.05, 3.63) is 0 Å². The second-order valence-corrected chi connectivity index (χ2v) is 14.5. The number of carboxylic acids is 1. The van der Waals surface area contributed by atoms with Crippen LogP contribution < -0.4 is 10.6 Å². The fraction of sp³-hybridized carbons (Fsp3) is 0.909. The first-order valence-electron chi connectivity index (χ1n) is 18.7. The molecule has 4 fully saturated rings. The fourth-order valence-corrected chi connectivity index (χ4v) is 7.34. The number of ether oxygens (including phenoxy) is 8. The maximum Gasteiger partial charge on any atom is 0.364 e. The molecular formula is C33H56N2O24. The number of nitrogens with one attached hydrogen (secondary N) is 2. The molecule has 0 radical (unpaired) electrons. The molecule has 0 aliphatic carbocycles. The van der Waals surface area contributed by atoms with E-state index in [1.807, 2.05) is 0 Å². The third kappa shape index (κ3) is 10.8. The van der Waals surface area contributed by atoms with E-state index in [0.717, 1.165) is 13.8 Å². The summed E-state index contributed by atoms with van der Waals surface area (Å²) in [4.78, 5) is 37.1. The predicted octanol–water partition coefficient (Wildman–Crippen LogP) is -9.21. The Hall–Kier alpha value is -2.39. The highest BCUT2D eigenvalue weighted by atomic mass is 16.8. The smallest absolute Gasteiger partial charge is 0.364 e. The monoisotopic (exact) mass is 864 g/mol. The summed E-state index contributed by atoms with van der Waals surface area (Å²) in [5.41, 5.74) is 0. The van der Waals surface area contributed by atoms with Crippen LogP contribution in [0.2, 0.25) is 0 Å². The first kappa shape index (κ1) is 49.3. The van der Waals surface area contributed by atoms with Gasteiger partial charge in [-0.15, -0.1) is 0 Å². The van der Waals surface area contributed by atoms with Gasteiger partial charge in [0.05, 0.1) is 38.6 Å². The molecule has 0 aromatic rings. The lowest BCUT2D eigenvalue weighted by atomic mass is 9.88. The van der Waals surface area contributed by atoms with Gasteiger partial charge >= 0.3 is 5.97 Å². The van der Waals surface area contributed by atoms with Gasteiger partial charge in [-0.25, -0.2) is 4.79 Å². The molecular weight excluding hydrogens is 808 g/mol. The Bertz CT molecular complexity index is 1390. The minimum atomic E-state index is -3.11. The lowest BCUT2D eigenvalue weighted by Gasteiger charge is -2.51. The summed E-state index contributed by atoms with van der Waals surface area (Å²) in [7, 11) is 0. The highest BCUT2D eigenvalue weighted by molar-refractivity contribution is 5.76. The normalized spacial score (nSPS) is 44.0. The molecule has 21 atom stereocenters. The molecule has 26 nitrogen and oxygen atoms in total. The molecule has 0 spiro atoms. The molecule has 0 aromatic heterocycles. The average Bonchev–Trinajstić information content (AvgIpc) is 3.18. The van der Waals surface area contributed by atoms with Crippen molar-refractivity contribution in [2.45, 2.75) is 155 Å². The molecule has 4 heterocycles. The van der Waals surface area contributed by atoms with Crippen LogP contribution in [0.25, 0.3) is 0 Å². The van der Waals surface area contributed by atoms with E-state index >= 15 is 0 Å². The summed E-state index contributed by atoms with van der Waals surface area (Å²) in [6, 6.07) is -3.26. The summed E-state index contributed by atoms with van der Waals surface area (Å²) < 4.78 is 45.0. The van der Waals surface area contributed by atoms with Crippen LogP contribution >= 0.6 is 0 Å². The number of carboxylic acid groups (broad SMARTS) is 1. The number of rotatable bonds is 17. The zero-order valence-electron chi connectivity index (χ0n) is 32.1. The Labute approximate surface area is 335 Å². The van der Waals surface area contributed by atoms with Gasteiger partial charge < -0.3 is 115 Å². The second kappa shape index (κ2) is 21.1. The van der Waals surface area contributed by atoms with Crippen LogP contribution in [-0.2, 0) is 52.3 Å². The predicted molar refractivity (Wildman–Crippen MR) is 184 cm³/mol. The molecule has 4 aliphatic rings. The number of carbonyl (C=O) groups excluding carboxylic acids is 2. The zero-order chi connectivity index (χ0) is 44.1. The van der Waals surface area contributed by atoms with E-state index in [1.54, 1.807) is 6.92 Å². The summed E-state index contributed by atoms with van der Waals surface area (Å²) in [6.07, 6.45) is -34.8. The van der Waals surface area contributed by atoms with Crippen molar-refractivity contribution in [1.29, 1.82) is 0 Å². The van der Waals surface area contributed by atoms with Crippen LogP contribution in [0.1, 0.15) is 27.2 Å². The van der Waals surface area contributed by atoms with Crippen LogP contribution in [-0.4, -0.2) is 246 Å². The molecule has 4 saturated heterocycles. The van der Waals surface area contributed by atoms with Crippen molar-refractivity contribution in [3.63, 3.8) is 0 Å². The van der Waals surface area contributed by atoms with Gasteiger partial charge in [0.25, 0.3) is 5.79 Å². The molecule has 0 aromatic carbocycles. The SMILES string of the molecule is CCO[C@@H]1O[C@H](CO)[C@H](O)[C@H](O[C@@H]2O[C@H](CO)[C@@H](O[C@@H]3O[C@H](CO)[C@H](O)[C@H](O[C@]4(C(=O)O)C[C@H](O)[C@@H](NC(C)=O)[C@H]([C@H](O)[C@H](O)CO)O4)[C@H]3O)[C@H](O)[C@H]2NC(C)=O)[C@H]1O. The topological polar surface area (TPSA) is 412 Å². The molecule has 2 amide bonds.